The fraction of sp³-hybridized carbons (Fsp3) is 0.696. The van der Waals surface area contributed by atoms with Gasteiger partial charge in [0.05, 0.1) is 13.2 Å². The van der Waals surface area contributed by atoms with Crippen molar-refractivity contribution >= 4 is 5.91 Å². The summed E-state index contributed by atoms with van der Waals surface area (Å²) < 4.78 is 5.43. The van der Waals surface area contributed by atoms with Crippen LogP contribution >= 0.6 is 0 Å². The lowest BCUT2D eigenvalue weighted by Crippen LogP contribution is -2.55. The van der Waals surface area contributed by atoms with E-state index in [4.69, 9.17) is 4.74 Å². The maximum absolute atomic E-state index is 13.0. The number of morpholine rings is 1. The average molecular weight is 354 g/mol. The summed E-state index contributed by atoms with van der Waals surface area (Å²) >= 11 is 0. The van der Waals surface area contributed by atoms with Crippen molar-refractivity contribution in [2.75, 3.05) is 26.3 Å². The molecule has 4 aliphatic carbocycles. The molecular formula is C23H31NO2. The van der Waals surface area contributed by atoms with Gasteiger partial charge >= 0.3 is 0 Å². The lowest BCUT2D eigenvalue weighted by molar-refractivity contribution is -0.144. The Balaban J connectivity index is 1.41. The third kappa shape index (κ3) is 2.79. The molecule has 2 atom stereocenters. The number of amides is 1. The molecule has 5 fully saturated rings. The van der Waals surface area contributed by atoms with Gasteiger partial charge in [-0.3, -0.25) is 4.79 Å². The summed E-state index contributed by atoms with van der Waals surface area (Å²) in [6.07, 6.45) is 8.67. The van der Waals surface area contributed by atoms with Gasteiger partial charge in [-0.25, -0.2) is 0 Å². The van der Waals surface area contributed by atoms with Gasteiger partial charge in [0.25, 0.3) is 0 Å². The van der Waals surface area contributed by atoms with E-state index in [-0.39, 0.29) is 5.41 Å². The number of aryl methyl sites for hydroxylation is 1. The van der Waals surface area contributed by atoms with Crippen LogP contribution in [0.4, 0.5) is 0 Å². The molecule has 1 amide bonds. The Hall–Kier alpha value is -1.35. The highest BCUT2D eigenvalue weighted by Crippen LogP contribution is 2.66. The van der Waals surface area contributed by atoms with E-state index in [9.17, 15) is 4.79 Å². The van der Waals surface area contributed by atoms with Crippen molar-refractivity contribution in [1.29, 1.82) is 0 Å². The highest BCUT2D eigenvalue weighted by molar-refractivity contribution is 5.77. The predicted molar refractivity (Wildman–Crippen MR) is 102 cm³/mol. The molecule has 0 aromatic heterocycles. The van der Waals surface area contributed by atoms with Crippen LogP contribution in [0.1, 0.15) is 56.1 Å². The van der Waals surface area contributed by atoms with Crippen LogP contribution in [-0.2, 0) is 14.9 Å². The van der Waals surface area contributed by atoms with Crippen molar-refractivity contribution in [1.82, 2.24) is 4.90 Å². The quantitative estimate of drug-likeness (QED) is 0.819. The molecule has 0 N–H and O–H groups in total. The Morgan fingerprint density at radius 1 is 1.08 bits per heavy atom. The van der Waals surface area contributed by atoms with E-state index < -0.39 is 0 Å². The fourth-order valence-corrected chi connectivity index (χ4v) is 7.15. The first kappa shape index (κ1) is 16.8. The van der Waals surface area contributed by atoms with Gasteiger partial charge in [0.2, 0.25) is 5.91 Å². The Labute approximate surface area is 157 Å². The number of nitrogens with zero attached hydrogens (tertiary/aromatic N) is 1. The lowest BCUT2D eigenvalue weighted by atomic mass is 9.42. The molecule has 4 bridgehead atoms. The highest BCUT2D eigenvalue weighted by Gasteiger charge is 2.58. The first-order valence-electron chi connectivity index (χ1n) is 10.5. The molecule has 0 radical (unpaired) electrons. The summed E-state index contributed by atoms with van der Waals surface area (Å²) in [5.74, 6) is 2.04. The van der Waals surface area contributed by atoms with Gasteiger partial charge in [-0.05, 0) is 73.7 Å². The van der Waals surface area contributed by atoms with Crippen molar-refractivity contribution in [3.05, 3.63) is 35.4 Å². The van der Waals surface area contributed by atoms with Crippen LogP contribution in [0.5, 0.6) is 0 Å². The van der Waals surface area contributed by atoms with Crippen LogP contribution in [-0.4, -0.2) is 37.1 Å². The number of carbonyl (C=O) groups is 1. The van der Waals surface area contributed by atoms with Gasteiger partial charge in [0, 0.05) is 19.5 Å². The molecule has 1 saturated heterocycles. The topological polar surface area (TPSA) is 29.5 Å². The Morgan fingerprint density at radius 2 is 1.73 bits per heavy atom. The Morgan fingerprint density at radius 3 is 2.38 bits per heavy atom. The Bertz CT molecular complexity index is 675. The van der Waals surface area contributed by atoms with E-state index in [0.29, 0.717) is 24.5 Å². The molecule has 0 unspecified atom stereocenters. The number of carbonyl (C=O) groups excluding carboxylic acids is 1. The molecule has 3 heteroatoms. The van der Waals surface area contributed by atoms with E-state index in [1.807, 2.05) is 0 Å². The van der Waals surface area contributed by atoms with Gasteiger partial charge in [-0.2, -0.15) is 0 Å². The van der Waals surface area contributed by atoms with Crippen LogP contribution in [0, 0.1) is 24.2 Å². The van der Waals surface area contributed by atoms with Gasteiger partial charge in [-0.1, -0.05) is 29.8 Å². The smallest absolute Gasteiger partial charge is 0.223 e. The zero-order chi connectivity index (χ0) is 17.8. The van der Waals surface area contributed by atoms with Crippen LogP contribution < -0.4 is 0 Å². The van der Waals surface area contributed by atoms with Gasteiger partial charge in [-0.15, -0.1) is 0 Å². The minimum absolute atomic E-state index is 0.254. The lowest BCUT2D eigenvalue weighted by Gasteiger charge is -2.62. The Kier molecular flexibility index (Phi) is 3.93. The molecule has 0 spiro atoms. The van der Waals surface area contributed by atoms with E-state index in [1.54, 1.807) is 5.56 Å². The summed E-state index contributed by atoms with van der Waals surface area (Å²) in [6, 6.07) is 9.30. The first-order valence-corrected chi connectivity index (χ1v) is 10.5. The van der Waals surface area contributed by atoms with Crippen LogP contribution in [0.25, 0.3) is 0 Å². The second-order valence-corrected chi connectivity index (χ2v) is 9.78. The third-order valence-corrected chi connectivity index (χ3v) is 7.74. The molecular weight excluding hydrogens is 322 g/mol. The predicted octanol–water partition coefficient (Wildman–Crippen LogP) is 4.08. The molecule has 3 nitrogen and oxygen atoms in total. The van der Waals surface area contributed by atoms with Gasteiger partial charge in [0.15, 0.2) is 0 Å². The van der Waals surface area contributed by atoms with Crippen molar-refractivity contribution in [3.8, 4) is 0 Å². The molecule has 1 aromatic carbocycles. The van der Waals surface area contributed by atoms with E-state index in [1.165, 1.54) is 44.1 Å². The van der Waals surface area contributed by atoms with Gasteiger partial charge < -0.3 is 9.64 Å². The van der Waals surface area contributed by atoms with Crippen molar-refractivity contribution < 1.29 is 9.53 Å². The maximum Gasteiger partial charge on any atom is 0.223 e. The van der Waals surface area contributed by atoms with Gasteiger partial charge in [0.1, 0.15) is 0 Å². The second-order valence-electron chi connectivity index (χ2n) is 9.78. The minimum Gasteiger partial charge on any atom is -0.378 e. The largest absolute Gasteiger partial charge is 0.378 e. The van der Waals surface area contributed by atoms with Crippen molar-refractivity contribution in [2.24, 2.45) is 17.3 Å². The maximum atomic E-state index is 13.0. The first-order chi connectivity index (χ1) is 12.6. The number of hydrogen-bond donors (Lipinski definition) is 0. The number of benzene rings is 1. The van der Waals surface area contributed by atoms with E-state index in [2.05, 4.69) is 36.1 Å². The third-order valence-electron chi connectivity index (χ3n) is 7.74. The minimum atomic E-state index is 0.254. The zero-order valence-corrected chi connectivity index (χ0v) is 16.0. The van der Waals surface area contributed by atoms with Crippen molar-refractivity contribution in [2.45, 2.75) is 57.3 Å². The standard InChI is InChI=1S/C23H31NO2/c1-17-2-4-20(5-3-17)23-13-18-10-19(14-23)12-22(11-18,16-23)15-21(25)24-6-8-26-9-7-24/h2-5,18-19H,6-16H2,1H3/t18-,19-,22?,23?/m0/s1. The zero-order valence-electron chi connectivity index (χ0n) is 16.0. The molecule has 26 heavy (non-hydrogen) atoms. The van der Waals surface area contributed by atoms with E-state index >= 15 is 0 Å². The van der Waals surface area contributed by atoms with Crippen LogP contribution in [0.15, 0.2) is 24.3 Å². The molecule has 4 saturated carbocycles. The monoisotopic (exact) mass is 353 g/mol. The van der Waals surface area contributed by atoms with Crippen molar-refractivity contribution in [3.63, 3.8) is 0 Å². The van der Waals surface area contributed by atoms with Crippen LogP contribution in [0.3, 0.4) is 0 Å². The summed E-state index contributed by atoms with van der Waals surface area (Å²) in [6.45, 7) is 5.15. The summed E-state index contributed by atoms with van der Waals surface area (Å²) in [5.41, 5.74) is 3.48. The summed E-state index contributed by atoms with van der Waals surface area (Å²) in [4.78, 5) is 15.1. The fourth-order valence-electron chi connectivity index (χ4n) is 7.15. The van der Waals surface area contributed by atoms with E-state index in [0.717, 1.165) is 31.3 Å². The molecule has 1 heterocycles. The summed E-state index contributed by atoms with van der Waals surface area (Å²) in [7, 11) is 0. The second kappa shape index (κ2) is 6.09. The number of ether oxygens (including phenoxy) is 1. The SMILES string of the molecule is Cc1ccc(C23C[C@H]4C[C@@H](CC(CC(=O)N5CCOCC5)(C4)C2)C3)cc1. The molecule has 6 rings (SSSR count). The highest BCUT2D eigenvalue weighted by atomic mass is 16.5. The summed E-state index contributed by atoms with van der Waals surface area (Å²) in [5, 5.41) is 0. The number of hydrogen-bond acceptors (Lipinski definition) is 2. The molecule has 1 aromatic rings. The molecule has 5 aliphatic rings. The normalized spacial score (nSPS) is 38.6. The molecule has 140 valence electrons. The molecule has 1 aliphatic heterocycles. The number of rotatable bonds is 3. The average Bonchev–Trinajstić information content (AvgIpc) is 2.61. The van der Waals surface area contributed by atoms with Crippen LogP contribution in [0.2, 0.25) is 0 Å².